The van der Waals surface area contributed by atoms with Crippen LogP contribution >= 0.6 is 11.8 Å². The van der Waals surface area contributed by atoms with E-state index in [1.165, 1.54) is 43.3 Å². The predicted octanol–water partition coefficient (Wildman–Crippen LogP) is 6.75. The van der Waals surface area contributed by atoms with Gasteiger partial charge in [0.1, 0.15) is 12.3 Å². The van der Waals surface area contributed by atoms with Gasteiger partial charge in [0.25, 0.3) is 0 Å². The van der Waals surface area contributed by atoms with Gasteiger partial charge < -0.3 is 9.64 Å². The van der Waals surface area contributed by atoms with Gasteiger partial charge in [-0.3, -0.25) is 0 Å². The number of thioether (sulfide) groups is 1. The molecule has 0 bridgehead atoms. The molecular formula is C28H27N2OS+. The number of hydrogen-bond donors (Lipinski definition) is 0. The Hall–Kier alpha value is -3.24. The number of aromatic nitrogens is 1. The molecule has 0 amide bonds. The highest BCUT2D eigenvalue weighted by Crippen LogP contribution is 2.47. The van der Waals surface area contributed by atoms with E-state index in [0.29, 0.717) is 0 Å². The number of benzene rings is 3. The SMILES string of the molecule is CCN1C(=Cc2ccc3cc(OC)ccc3[n+]2CC)Sc2cc(-c3ccccc3)ccc21. The zero-order valence-corrected chi connectivity index (χ0v) is 19.5. The summed E-state index contributed by atoms with van der Waals surface area (Å²) < 4.78 is 7.78. The van der Waals surface area contributed by atoms with Gasteiger partial charge >= 0.3 is 0 Å². The van der Waals surface area contributed by atoms with Crippen LogP contribution in [0.15, 0.2) is 88.8 Å². The van der Waals surface area contributed by atoms with Crippen LogP contribution in [0.5, 0.6) is 5.75 Å². The smallest absolute Gasteiger partial charge is 0.213 e. The van der Waals surface area contributed by atoms with Crippen molar-refractivity contribution in [2.75, 3.05) is 18.6 Å². The summed E-state index contributed by atoms with van der Waals surface area (Å²) in [4.78, 5) is 3.72. The molecule has 3 nitrogen and oxygen atoms in total. The molecule has 0 spiro atoms. The molecule has 3 aromatic carbocycles. The standard InChI is InChI=1S/C28H27N2OS/c1-4-29-23(13-11-22-17-24(31-3)14-16-25(22)29)19-28-30(5-2)26-15-12-21(18-27(26)32-28)20-9-7-6-8-10-20/h6-19H,4-5H2,1-3H3/q+1. The van der Waals surface area contributed by atoms with Gasteiger partial charge in [-0.1, -0.05) is 48.2 Å². The van der Waals surface area contributed by atoms with Crippen molar-refractivity contribution in [3.05, 3.63) is 89.6 Å². The van der Waals surface area contributed by atoms with Gasteiger partial charge in [0.2, 0.25) is 11.2 Å². The lowest BCUT2D eigenvalue weighted by Gasteiger charge is -2.18. The highest BCUT2D eigenvalue weighted by Gasteiger charge is 2.26. The molecule has 1 aromatic heterocycles. The lowest BCUT2D eigenvalue weighted by molar-refractivity contribution is -0.669. The van der Waals surface area contributed by atoms with E-state index in [2.05, 4.69) is 102 Å². The summed E-state index contributed by atoms with van der Waals surface area (Å²) in [5.74, 6) is 0.888. The summed E-state index contributed by atoms with van der Waals surface area (Å²) in [6, 6.07) is 28.1. The van der Waals surface area contributed by atoms with Crippen LogP contribution in [-0.4, -0.2) is 13.7 Å². The summed E-state index contributed by atoms with van der Waals surface area (Å²) in [6.07, 6.45) is 2.32. The van der Waals surface area contributed by atoms with E-state index in [4.69, 9.17) is 4.74 Å². The number of nitrogens with zero attached hydrogens (tertiary/aromatic N) is 2. The summed E-state index contributed by atoms with van der Waals surface area (Å²) in [5, 5.41) is 2.46. The molecule has 0 fully saturated rings. The first-order valence-electron chi connectivity index (χ1n) is 11.1. The maximum atomic E-state index is 5.41. The lowest BCUT2D eigenvalue weighted by atomic mass is 10.1. The Balaban J connectivity index is 1.55. The third-order valence-electron chi connectivity index (χ3n) is 6.01. The van der Waals surface area contributed by atoms with E-state index < -0.39 is 0 Å². The van der Waals surface area contributed by atoms with Gasteiger partial charge in [0.15, 0.2) is 0 Å². The first-order valence-corrected chi connectivity index (χ1v) is 11.9. The maximum Gasteiger partial charge on any atom is 0.213 e. The van der Waals surface area contributed by atoms with Crippen molar-refractivity contribution in [3.63, 3.8) is 0 Å². The molecule has 0 N–H and O–H groups in total. The van der Waals surface area contributed by atoms with Crippen molar-refractivity contribution < 1.29 is 9.30 Å². The highest BCUT2D eigenvalue weighted by atomic mass is 32.2. The molecule has 1 aliphatic heterocycles. The van der Waals surface area contributed by atoms with E-state index in [1.54, 1.807) is 7.11 Å². The van der Waals surface area contributed by atoms with Crippen molar-refractivity contribution in [1.29, 1.82) is 0 Å². The number of rotatable bonds is 5. The van der Waals surface area contributed by atoms with Crippen LogP contribution in [0, 0.1) is 0 Å². The second kappa shape index (κ2) is 8.71. The van der Waals surface area contributed by atoms with E-state index in [1.807, 2.05) is 17.8 Å². The second-order valence-corrected chi connectivity index (χ2v) is 8.87. The molecule has 5 rings (SSSR count). The molecule has 0 saturated heterocycles. The number of anilines is 1. The van der Waals surface area contributed by atoms with Crippen molar-refractivity contribution in [2.45, 2.75) is 25.3 Å². The minimum atomic E-state index is 0.888. The summed E-state index contributed by atoms with van der Waals surface area (Å²) >= 11 is 1.86. The third-order valence-corrected chi connectivity index (χ3v) is 7.11. The number of fused-ring (bicyclic) bond motifs is 2. The Morgan fingerprint density at radius 2 is 1.75 bits per heavy atom. The Labute approximate surface area is 194 Å². The van der Waals surface area contributed by atoms with Gasteiger partial charge in [-0.25, -0.2) is 0 Å². The van der Waals surface area contributed by atoms with Crippen LogP contribution < -0.4 is 14.2 Å². The van der Waals surface area contributed by atoms with E-state index >= 15 is 0 Å². The van der Waals surface area contributed by atoms with Crippen molar-refractivity contribution >= 4 is 34.4 Å². The Bertz CT molecular complexity index is 1310. The minimum absolute atomic E-state index is 0.888. The molecule has 1 aliphatic rings. The van der Waals surface area contributed by atoms with Crippen LogP contribution in [0.2, 0.25) is 0 Å². The number of ether oxygens (including phenoxy) is 1. The molecule has 2 heterocycles. The fraction of sp³-hybridized carbons (Fsp3) is 0.179. The highest BCUT2D eigenvalue weighted by molar-refractivity contribution is 8.03. The zero-order chi connectivity index (χ0) is 22.1. The van der Waals surface area contributed by atoms with E-state index in [-0.39, 0.29) is 0 Å². The first-order chi connectivity index (χ1) is 15.7. The van der Waals surface area contributed by atoms with Gasteiger partial charge in [-0.05, 0) is 55.3 Å². The summed E-state index contributed by atoms with van der Waals surface area (Å²) in [7, 11) is 1.71. The van der Waals surface area contributed by atoms with Crippen LogP contribution in [0.25, 0.3) is 28.1 Å². The topological polar surface area (TPSA) is 16.4 Å². The van der Waals surface area contributed by atoms with Gasteiger partial charge in [0.05, 0.1) is 23.2 Å². The number of hydrogen-bond acceptors (Lipinski definition) is 3. The molecule has 0 radical (unpaired) electrons. The van der Waals surface area contributed by atoms with Crippen LogP contribution in [-0.2, 0) is 6.54 Å². The predicted molar refractivity (Wildman–Crippen MR) is 135 cm³/mol. The molecule has 4 heteroatoms. The maximum absolute atomic E-state index is 5.41. The van der Waals surface area contributed by atoms with Gasteiger partial charge in [0, 0.05) is 29.6 Å². The fourth-order valence-electron chi connectivity index (χ4n) is 4.40. The molecule has 0 unspecified atom stereocenters. The minimum Gasteiger partial charge on any atom is -0.497 e. The molecule has 4 aromatic rings. The fourth-order valence-corrected chi connectivity index (χ4v) is 5.61. The van der Waals surface area contributed by atoms with Crippen LogP contribution in [0.4, 0.5) is 5.69 Å². The molecule has 32 heavy (non-hydrogen) atoms. The quantitative estimate of drug-likeness (QED) is 0.320. The molecule has 0 saturated carbocycles. The zero-order valence-electron chi connectivity index (χ0n) is 18.7. The Morgan fingerprint density at radius 1 is 0.906 bits per heavy atom. The largest absolute Gasteiger partial charge is 0.497 e. The Kier molecular flexibility index (Phi) is 5.62. The van der Waals surface area contributed by atoms with Crippen molar-refractivity contribution in [2.24, 2.45) is 0 Å². The van der Waals surface area contributed by atoms with Gasteiger partial charge in [-0.15, -0.1) is 0 Å². The monoisotopic (exact) mass is 439 g/mol. The summed E-state index contributed by atoms with van der Waals surface area (Å²) in [5.41, 5.74) is 6.24. The Morgan fingerprint density at radius 3 is 2.50 bits per heavy atom. The lowest BCUT2D eigenvalue weighted by Crippen LogP contribution is -2.37. The normalized spacial score (nSPS) is 14.2. The van der Waals surface area contributed by atoms with Crippen molar-refractivity contribution in [1.82, 2.24) is 0 Å². The van der Waals surface area contributed by atoms with E-state index in [0.717, 1.165) is 18.8 Å². The van der Waals surface area contributed by atoms with Crippen LogP contribution in [0.1, 0.15) is 19.5 Å². The average molecular weight is 440 g/mol. The average Bonchev–Trinajstić information content (AvgIpc) is 3.20. The van der Waals surface area contributed by atoms with Gasteiger partial charge in [-0.2, -0.15) is 4.57 Å². The second-order valence-electron chi connectivity index (χ2n) is 7.80. The number of aryl methyl sites for hydroxylation is 1. The van der Waals surface area contributed by atoms with Crippen molar-refractivity contribution in [3.8, 4) is 16.9 Å². The molecule has 160 valence electrons. The summed E-state index contributed by atoms with van der Waals surface area (Å²) in [6.45, 7) is 6.26. The number of pyridine rings is 1. The first kappa shape index (κ1) is 20.7. The van der Waals surface area contributed by atoms with E-state index in [9.17, 15) is 0 Å². The van der Waals surface area contributed by atoms with Crippen LogP contribution in [0.3, 0.4) is 0 Å². The molecular weight excluding hydrogens is 412 g/mol. The molecule has 0 aliphatic carbocycles. The number of methoxy groups -OCH3 is 1. The third kappa shape index (κ3) is 3.65. The molecule has 0 atom stereocenters.